The van der Waals surface area contributed by atoms with Crippen molar-refractivity contribution in [2.24, 2.45) is 34.0 Å². The molecule has 6 atom stereocenters. The second kappa shape index (κ2) is 4.15. The molecule has 6 nitrogen and oxygen atoms in total. The lowest BCUT2D eigenvalue weighted by Crippen LogP contribution is -2.44. The molecule has 112 valence electrons. The van der Waals surface area contributed by atoms with E-state index in [0.29, 0.717) is 29.8 Å². The van der Waals surface area contributed by atoms with Crippen LogP contribution < -0.4 is 5.01 Å². The number of anilines is 1. The molecule has 2 saturated carbocycles. The van der Waals surface area contributed by atoms with Gasteiger partial charge in [0.15, 0.2) is 0 Å². The second-order valence-electron chi connectivity index (χ2n) is 6.77. The van der Waals surface area contributed by atoms with Gasteiger partial charge in [-0.3, -0.25) is 10.1 Å². The minimum Gasteiger partial charge on any atom is -0.258 e. The minimum absolute atomic E-state index is 0.114. The van der Waals surface area contributed by atoms with Gasteiger partial charge in [-0.25, -0.2) is 5.01 Å². The molecule has 1 heterocycles. The molecule has 0 saturated heterocycles. The molecule has 22 heavy (non-hydrogen) atoms. The van der Waals surface area contributed by atoms with Gasteiger partial charge in [0.05, 0.1) is 22.7 Å². The zero-order chi connectivity index (χ0) is 14.8. The van der Waals surface area contributed by atoms with Crippen LogP contribution in [0.15, 0.2) is 46.8 Å². The van der Waals surface area contributed by atoms with Gasteiger partial charge in [0.25, 0.3) is 5.69 Å². The number of fused-ring (bicyclic) bond motifs is 8. The summed E-state index contributed by atoms with van der Waals surface area (Å²) in [5.41, 5.74) is 1.02. The third-order valence-electron chi connectivity index (χ3n) is 5.97. The van der Waals surface area contributed by atoms with Crippen molar-refractivity contribution in [3.63, 3.8) is 0 Å². The highest BCUT2D eigenvalue weighted by Gasteiger charge is 2.61. The van der Waals surface area contributed by atoms with E-state index in [0.717, 1.165) is 11.6 Å². The lowest BCUT2D eigenvalue weighted by Gasteiger charge is -2.35. The molecule has 6 heteroatoms. The number of nitrogens with zero attached hydrogens (tertiary/aromatic N) is 4. The largest absolute Gasteiger partial charge is 0.269 e. The number of allylic oxidation sites excluding steroid dienone is 2. The average Bonchev–Trinajstić information content (AvgIpc) is 3.25. The Labute approximate surface area is 127 Å². The van der Waals surface area contributed by atoms with E-state index in [2.05, 4.69) is 22.5 Å². The van der Waals surface area contributed by atoms with E-state index >= 15 is 0 Å². The first-order chi connectivity index (χ1) is 10.7. The van der Waals surface area contributed by atoms with E-state index in [4.69, 9.17) is 0 Å². The lowest BCUT2D eigenvalue weighted by molar-refractivity contribution is -0.384. The number of non-ortho nitro benzene ring substituents is 1. The zero-order valence-corrected chi connectivity index (χ0v) is 11.9. The number of hydrogen-bond acceptors (Lipinski definition) is 5. The van der Waals surface area contributed by atoms with E-state index in [1.54, 1.807) is 24.3 Å². The molecule has 0 aromatic heterocycles. The number of nitro benzene ring substituents is 1. The van der Waals surface area contributed by atoms with E-state index < -0.39 is 0 Å². The third-order valence-corrected chi connectivity index (χ3v) is 5.97. The first-order valence-corrected chi connectivity index (χ1v) is 7.85. The lowest BCUT2D eigenvalue weighted by atomic mass is 9.76. The van der Waals surface area contributed by atoms with Gasteiger partial charge in [0, 0.05) is 12.1 Å². The molecule has 1 aromatic carbocycles. The van der Waals surface area contributed by atoms with Crippen molar-refractivity contribution in [3.05, 3.63) is 46.5 Å². The topological polar surface area (TPSA) is 71.1 Å². The van der Waals surface area contributed by atoms with E-state index in [1.807, 2.05) is 5.01 Å². The van der Waals surface area contributed by atoms with Gasteiger partial charge in [0.1, 0.15) is 0 Å². The van der Waals surface area contributed by atoms with Gasteiger partial charge >= 0.3 is 0 Å². The summed E-state index contributed by atoms with van der Waals surface area (Å²) < 4.78 is 0. The van der Waals surface area contributed by atoms with Crippen LogP contribution in [0, 0.1) is 33.8 Å². The van der Waals surface area contributed by atoms with Crippen LogP contribution in [0.25, 0.3) is 0 Å². The van der Waals surface area contributed by atoms with E-state index in [-0.39, 0.29) is 10.6 Å². The molecule has 4 aliphatic rings. The van der Waals surface area contributed by atoms with Crippen LogP contribution in [0.2, 0.25) is 0 Å². The Morgan fingerprint density at radius 1 is 1.18 bits per heavy atom. The Hall–Kier alpha value is -2.24. The Kier molecular flexibility index (Phi) is 2.32. The molecular weight excluding hydrogens is 280 g/mol. The summed E-state index contributed by atoms with van der Waals surface area (Å²) in [6.07, 6.45) is 7.15. The minimum atomic E-state index is -0.371. The molecule has 0 N–H and O–H groups in total. The van der Waals surface area contributed by atoms with Gasteiger partial charge in [-0.05, 0) is 48.6 Å². The molecule has 1 aromatic rings. The van der Waals surface area contributed by atoms with Crippen molar-refractivity contribution in [2.75, 3.05) is 5.01 Å². The summed E-state index contributed by atoms with van der Waals surface area (Å²) in [6.45, 7) is 0. The summed E-state index contributed by atoms with van der Waals surface area (Å²) in [7, 11) is 0. The van der Waals surface area contributed by atoms with Crippen LogP contribution in [0.1, 0.15) is 12.8 Å². The maximum Gasteiger partial charge on any atom is 0.269 e. The molecule has 0 spiro atoms. The fraction of sp³-hybridized carbons (Fsp3) is 0.500. The summed E-state index contributed by atoms with van der Waals surface area (Å²) >= 11 is 0. The predicted octanol–water partition coefficient (Wildman–Crippen LogP) is 3.36. The quantitative estimate of drug-likeness (QED) is 0.477. The van der Waals surface area contributed by atoms with Gasteiger partial charge in [-0.1, -0.05) is 17.4 Å². The number of benzene rings is 1. The third kappa shape index (κ3) is 1.44. The highest BCUT2D eigenvalue weighted by atomic mass is 16.6. The molecule has 0 unspecified atom stereocenters. The van der Waals surface area contributed by atoms with E-state index in [9.17, 15) is 10.1 Å². The van der Waals surface area contributed by atoms with Crippen molar-refractivity contribution in [2.45, 2.75) is 24.9 Å². The van der Waals surface area contributed by atoms with Gasteiger partial charge < -0.3 is 0 Å². The Bertz CT molecular complexity index is 699. The van der Waals surface area contributed by atoms with Crippen LogP contribution in [0.3, 0.4) is 0 Å². The molecule has 0 radical (unpaired) electrons. The average molecular weight is 296 g/mol. The summed E-state index contributed by atoms with van der Waals surface area (Å²) in [5, 5.41) is 21.7. The highest BCUT2D eigenvalue weighted by molar-refractivity contribution is 5.52. The molecule has 1 aliphatic heterocycles. The number of hydrogen-bond donors (Lipinski definition) is 0. The summed E-state index contributed by atoms with van der Waals surface area (Å²) in [4.78, 5) is 10.4. The maximum atomic E-state index is 10.8. The molecule has 5 rings (SSSR count). The van der Waals surface area contributed by atoms with Crippen LogP contribution in [0.5, 0.6) is 0 Å². The zero-order valence-electron chi connectivity index (χ0n) is 11.9. The SMILES string of the molecule is O=[N+]([O-])c1ccc(N2N=N[C@@H]3[C@H]4C[C@@H]([C@@H]5C=CC[C@H]54)[C@@H]32)cc1. The molecule has 2 fully saturated rings. The monoisotopic (exact) mass is 296 g/mol. The fourth-order valence-electron chi connectivity index (χ4n) is 5.13. The van der Waals surface area contributed by atoms with Crippen molar-refractivity contribution in [1.29, 1.82) is 0 Å². The number of nitro groups is 1. The van der Waals surface area contributed by atoms with Crippen LogP contribution in [-0.4, -0.2) is 17.0 Å². The molecule has 3 aliphatic carbocycles. The fourth-order valence-corrected chi connectivity index (χ4v) is 5.13. The Morgan fingerprint density at radius 2 is 2.00 bits per heavy atom. The van der Waals surface area contributed by atoms with Gasteiger partial charge in [-0.15, -0.1) is 0 Å². The smallest absolute Gasteiger partial charge is 0.258 e. The van der Waals surface area contributed by atoms with Gasteiger partial charge in [0.2, 0.25) is 0 Å². The van der Waals surface area contributed by atoms with Crippen molar-refractivity contribution < 1.29 is 4.92 Å². The first kappa shape index (κ1) is 12.3. The summed E-state index contributed by atoms with van der Waals surface area (Å²) in [6, 6.07) is 7.30. The maximum absolute atomic E-state index is 10.8. The predicted molar refractivity (Wildman–Crippen MR) is 80.3 cm³/mol. The molecule has 2 bridgehead atoms. The Balaban J connectivity index is 1.46. The number of rotatable bonds is 2. The van der Waals surface area contributed by atoms with Crippen molar-refractivity contribution in [1.82, 2.24) is 0 Å². The van der Waals surface area contributed by atoms with Crippen LogP contribution >= 0.6 is 0 Å². The summed E-state index contributed by atoms with van der Waals surface area (Å²) in [5.74, 6) is 2.71. The molecular formula is C16H16N4O2. The van der Waals surface area contributed by atoms with E-state index in [1.165, 1.54) is 12.8 Å². The highest BCUT2D eigenvalue weighted by Crippen LogP contribution is 2.60. The van der Waals surface area contributed by atoms with Gasteiger partial charge in [-0.2, -0.15) is 5.11 Å². The van der Waals surface area contributed by atoms with Crippen LogP contribution in [-0.2, 0) is 0 Å². The molecule has 0 amide bonds. The normalized spacial score (nSPS) is 40.3. The van der Waals surface area contributed by atoms with Crippen molar-refractivity contribution in [3.8, 4) is 0 Å². The Morgan fingerprint density at radius 3 is 2.77 bits per heavy atom. The first-order valence-electron chi connectivity index (χ1n) is 7.85. The van der Waals surface area contributed by atoms with Crippen molar-refractivity contribution >= 4 is 11.4 Å². The van der Waals surface area contributed by atoms with Crippen LogP contribution in [0.4, 0.5) is 11.4 Å². The second-order valence-corrected chi connectivity index (χ2v) is 6.77. The standard InChI is InChI=1S/C16H16N4O2/c21-20(22)10-6-4-9(5-7-10)19-16-14-8-13(15(16)17-18-19)11-2-1-3-12(11)14/h1,3-7,11-16H,2,8H2/t11-,12-,13+,14+,15-,16+/m1/s1.